The second-order valence-electron chi connectivity index (χ2n) is 4.89. The summed E-state index contributed by atoms with van der Waals surface area (Å²) in [6, 6.07) is 8.97. The predicted octanol–water partition coefficient (Wildman–Crippen LogP) is 3.32. The van der Waals surface area contributed by atoms with Crippen molar-refractivity contribution < 1.29 is 19.2 Å². The van der Waals surface area contributed by atoms with Gasteiger partial charge in [0.2, 0.25) is 5.91 Å². The topological polar surface area (TPSA) is 103 Å². The van der Waals surface area contributed by atoms with Gasteiger partial charge in [-0.1, -0.05) is 11.6 Å². The van der Waals surface area contributed by atoms with Gasteiger partial charge in [0.15, 0.2) is 0 Å². The summed E-state index contributed by atoms with van der Waals surface area (Å²) in [5, 5.41) is 16.7. The lowest BCUT2D eigenvalue weighted by atomic mass is 10.2. The lowest BCUT2D eigenvalue weighted by molar-refractivity contribution is -0.384. The molecule has 0 atom stereocenters. The Morgan fingerprint density at radius 1 is 1.16 bits per heavy atom. The van der Waals surface area contributed by atoms with Crippen LogP contribution in [0.15, 0.2) is 36.4 Å². The van der Waals surface area contributed by atoms with E-state index in [2.05, 4.69) is 10.6 Å². The van der Waals surface area contributed by atoms with Crippen LogP contribution in [0, 0.1) is 10.1 Å². The van der Waals surface area contributed by atoms with Crippen LogP contribution in [0.1, 0.15) is 0 Å². The average molecular weight is 366 g/mol. The number of methoxy groups -OCH3 is 2. The molecular formula is C16H16ClN3O5. The predicted molar refractivity (Wildman–Crippen MR) is 94.8 cm³/mol. The number of non-ortho nitro benzene ring substituents is 1. The summed E-state index contributed by atoms with van der Waals surface area (Å²) in [6.45, 7) is -0.0577. The maximum atomic E-state index is 12.0. The molecule has 2 rings (SSSR count). The highest BCUT2D eigenvalue weighted by molar-refractivity contribution is 6.32. The van der Waals surface area contributed by atoms with Crippen molar-refractivity contribution in [3.05, 3.63) is 51.5 Å². The summed E-state index contributed by atoms with van der Waals surface area (Å²) in [4.78, 5) is 22.3. The number of nitrogens with one attached hydrogen (secondary N) is 2. The van der Waals surface area contributed by atoms with Crippen molar-refractivity contribution in [3.8, 4) is 11.5 Å². The Kier molecular flexibility index (Phi) is 6.02. The number of anilines is 2. The highest BCUT2D eigenvalue weighted by atomic mass is 35.5. The van der Waals surface area contributed by atoms with E-state index in [4.69, 9.17) is 21.1 Å². The molecule has 2 N–H and O–H groups in total. The number of nitro benzene ring substituents is 1. The van der Waals surface area contributed by atoms with E-state index in [0.717, 1.165) is 0 Å². The average Bonchev–Trinajstić information content (AvgIpc) is 2.59. The molecule has 2 aromatic rings. The van der Waals surface area contributed by atoms with Crippen molar-refractivity contribution in [2.24, 2.45) is 0 Å². The Hall–Kier alpha value is -3.00. The Morgan fingerprint density at radius 3 is 2.48 bits per heavy atom. The molecule has 1 amide bonds. The van der Waals surface area contributed by atoms with E-state index in [1.165, 1.54) is 32.4 Å². The highest BCUT2D eigenvalue weighted by Gasteiger charge is 2.12. The quantitative estimate of drug-likeness (QED) is 0.576. The molecule has 8 nitrogen and oxygen atoms in total. The summed E-state index contributed by atoms with van der Waals surface area (Å²) in [5.74, 6) is 0.463. The van der Waals surface area contributed by atoms with Gasteiger partial charge in [-0.2, -0.15) is 0 Å². The van der Waals surface area contributed by atoms with E-state index < -0.39 is 4.92 Å². The molecule has 0 aliphatic heterocycles. The molecule has 0 fully saturated rings. The Labute approximate surface area is 148 Å². The zero-order valence-corrected chi connectivity index (χ0v) is 14.3. The molecule has 2 aromatic carbocycles. The van der Waals surface area contributed by atoms with Crippen molar-refractivity contribution >= 4 is 34.6 Å². The van der Waals surface area contributed by atoms with Crippen LogP contribution in [0.25, 0.3) is 0 Å². The van der Waals surface area contributed by atoms with Gasteiger partial charge in [0.05, 0.1) is 42.5 Å². The molecule has 0 saturated heterocycles. The van der Waals surface area contributed by atoms with E-state index in [1.807, 2.05) is 0 Å². The monoisotopic (exact) mass is 365 g/mol. The van der Waals surface area contributed by atoms with Gasteiger partial charge in [-0.15, -0.1) is 0 Å². The maximum absolute atomic E-state index is 12.0. The van der Waals surface area contributed by atoms with Crippen molar-refractivity contribution in [2.45, 2.75) is 0 Å². The van der Waals surface area contributed by atoms with Crippen LogP contribution in [-0.4, -0.2) is 31.6 Å². The first-order valence-electron chi connectivity index (χ1n) is 7.14. The van der Waals surface area contributed by atoms with Crippen molar-refractivity contribution in [3.63, 3.8) is 0 Å². The molecule has 0 heterocycles. The Bertz CT molecular complexity index is 797. The minimum atomic E-state index is -0.521. The van der Waals surface area contributed by atoms with Crippen LogP contribution < -0.4 is 20.1 Å². The van der Waals surface area contributed by atoms with Gasteiger partial charge in [0, 0.05) is 11.8 Å². The molecular weight excluding hydrogens is 350 g/mol. The summed E-state index contributed by atoms with van der Waals surface area (Å²) in [6.07, 6.45) is 0. The van der Waals surface area contributed by atoms with Gasteiger partial charge in [0.1, 0.15) is 11.5 Å². The first kappa shape index (κ1) is 18.3. The van der Waals surface area contributed by atoms with E-state index in [0.29, 0.717) is 22.1 Å². The third kappa shape index (κ3) is 4.74. The fourth-order valence-electron chi connectivity index (χ4n) is 2.06. The van der Waals surface area contributed by atoms with Gasteiger partial charge in [0.25, 0.3) is 5.69 Å². The molecule has 132 valence electrons. The van der Waals surface area contributed by atoms with Crippen molar-refractivity contribution in [1.82, 2.24) is 0 Å². The number of hydrogen-bond donors (Lipinski definition) is 2. The van der Waals surface area contributed by atoms with Crippen LogP contribution in [0.2, 0.25) is 5.02 Å². The number of amides is 1. The summed E-state index contributed by atoms with van der Waals surface area (Å²) < 4.78 is 10.1. The normalized spacial score (nSPS) is 10.0. The molecule has 0 spiro atoms. The summed E-state index contributed by atoms with van der Waals surface area (Å²) in [5.41, 5.74) is 0.893. The molecule has 25 heavy (non-hydrogen) atoms. The molecule has 0 aliphatic rings. The Morgan fingerprint density at radius 2 is 1.88 bits per heavy atom. The molecule has 9 heteroatoms. The third-order valence-electron chi connectivity index (χ3n) is 3.27. The fourth-order valence-corrected chi connectivity index (χ4v) is 2.32. The first-order chi connectivity index (χ1) is 11.9. The Balaban J connectivity index is 2.00. The number of hydrogen-bond acceptors (Lipinski definition) is 6. The number of benzene rings is 2. The number of rotatable bonds is 7. The largest absolute Gasteiger partial charge is 0.495 e. The number of carbonyl (C=O) groups excluding carboxylic acids is 1. The van der Waals surface area contributed by atoms with E-state index in [-0.39, 0.29) is 23.9 Å². The summed E-state index contributed by atoms with van der Waals surface area (Å²) in [7, 11) is 2.89. The molecule has 0 saturated carbocycles. The lowest BCUT2D eigenvalue weighted by Gasteiger charge is -2.12. The fraction of sp³-hybridized carbons (Fsp3) is 0.188. The SMILES string of the molecule is COc1ccc(NC(=O)CNc2ccc([N+](=O)[O-])cc2OC)cc1Cl. The smallest absolute Gasteiger partial charge is 0.273 e. The minimum absolute atomic E-state index is 0.0577. The zero-order chi connectivity index (χ0) is 18.4. The van der Waals surface area contributed by atoms with Crippen LogP contribution >= 0.6 is 11.6 Å². The van der Waals surface area contributed by atoms with E-state index >= 15 is 0 Å². The zero-order valence-electron chi connectivity index (χ0n) is 13.5. The second kappa shape index (κ2) is 8.20. The van der Waals surface area contributed by atoms with Gasteiger partial charge in [-0.3, -0.25) is 14.9 Å². The van der Waals surface area contributed by atoms with Gasteiger partial charge < -0.3 is 20.1 Å². The van der Waals surface area contributed by atoms with Crippen molar-refractivity contribution in [1.29, 1.82) is 0 Å². The maximum Gasteiger partial charge on any atom is 0.273 e. The minimum Gasteiger partial charge on any atom is -0.495 e. The molecule has 0 aliphatic carbocycles. The van der Waals surface area contributed by atoms with E-state index in [9.17, 15) is 14.9 Å². The number of carbonyl (C=O) groups is 1. The summed E-state index contributed by atoms with van der Waals surface area (Å²) >= 11 is 6.00. The molecule has 0 aromatic heterocycles. The van der Waals surface area contributed by atoms with Crippen LogP contribution in [0.3, 0.4) is 0 Å². The second-order valence-corrected chi connectivity index (χ2v) is 5.30. The number of ether oxygens (including phenoxy) is 2. The standard InChI is InChI=1S/C16H16ClN3O5/c1-24-14-6-3-10(7-12(14)17)19-16(21)9-18-13-5-4-11(20(22)23)8-15(13)25-2/h3-8,18H,9H2,1-2H3,(H,19,21). The lowest BCUT2D eigenvalue weighted by Crippen LogP contribution is -2.22. The van der Waals surface area contributed by atoms with Crippen LogP contribution in [0.4, 0.5) is 17.1 Å². The molecule has 0 unspecified atom stereocenters. The molecule has 0 radical (unpaired) electrons. The third-order valence-corrected chi connectivity index (χ3v) is 3.57. The van der Waals surface area contributed by atoms with Gasteiger partial charge in [-0.05, 0) is 24.3 Å². The number of halogens is 1. The van der Waals surface area contributed by atoms with Gasteiger partial charge >= 0.3 is 0 Å². The van der Waals surface area contributed by atoms with Crippen molar-refractivity contribution in [2.75, 3.05) is 31.4 Å². The van der Waals surface area contributed by atoms with Crippen LogP contribution in [0.5, 0.6) is 11.5 Å². The molecule has 0 bridgehead atoms. The van der Waals surface area contributed by atoms with E-state index in [1.54, 1.807) is 18.2 Å². The first-order valence-corrected chi connectivity index (χ1v) is 7.52. The number of nitrogens with zero attached hydrogens (tertiary/aromatic N) is 1. The van der Waals surface area contributed by atoms with Gasteiger partial charge in [-0.25, -0.2) is 0 Å². The highest BCUT2D eigenvalue weighted by Crippen LogP contribution is 2.29. The number of nitro groups is 1. The van der Waals surface area contributed by atoms with Crippen LogP contribution in [-0.2, 0) is 4.79 Å².